The topological polar surface area (TPSA) is 63.2 Å². The molecule has 0 spiro atoms. The Morgan fingerprint density at radius 2 is 1.83 bits per heavy atom. The molecule has 0 atom stereocenters. The Hall–Kier alpha value is -2.05. The van der Waals surface area contributed by atoms with E-state index in [1.807, 2.05) is 24.3 Å². The molecule has 0 bridgehead atoms. The number of nitrogens with one attached hydrogen (secondary N) is 1. The van der Waals surface area contributed by atoms with E-state index < -0.39 is 9.84 Å². The molecule has 0 aliphatic heterocycles. The van der Waals surface area contributed by atoms with E-state index in [1.54, 1.807) is 17.8 Å². The monoisotopic (exact) mass is 347 g/mol. The van der Waals surface area contributed by atoms with Crippen molar-refractivity contribution in [2.75, 3.05) is 17.3 Å². The van der Waals surface area contributed by atoms with Gasteiger partial charge in [-0.15, -0.1) is 18.3 Å². The average Bonchev–Trinajstić information content (AvgIpc) is 2.53. The van der Waals surface area contributed by atoms with Gasteiger partial charge in [0.2, 0.25) is 0 Å². The van der Waals surface area contributed by atoms with Crippen molar-refractivity contribution in [1.82, 2.24) is 0 Å². The molecule has 0 saturated carbocycles. The van der Waals surface area contributed by atoms with Crippen LogP contribution in [0.25, 0.3) is 0 Å². The van der Waals surface area contributed by atoms with Crippen LogP contribution in [0.5, 0.6) is 0 Å². The van der Waals surface area contributed by atoms with E-state index in [9.17, 15) is 13.2 Å². The third-order valence-corrected chi connectivity index (χ3v) is 5.23. The van der Waals surface area contributed by atoms with Gasteiger partial charge in [0.15, 0.2) is 9.84 Å². The van der Waals surface area contributed by atoms with Crippen LogP contribution in [0.3, 0.4) is 0 Å². The molecule has 0 fully saturated rings. The minimum atomic E-state index is -3.27. The molecule has 1 N–H and O–H groups in total. The number of rotatable bonds is 6. The second-order valence-corrected chi connectivity index (χ2v) is 7.92. The van der Waals surface area contributed by atoms with Gasteiger partial charge in [-0.3, -0.25) is 4.79 Å². The van der Waals surface area contributed by atoms with Crippen molar-refractivity contribution in [3.05, 3.63) is 66.7 Å². The van der Waals surface area contributed by atoms with Crippen LogP contribution in [-0.4, -0.2) is 26.3 Å². The largest absolute Gasteiger partial charge is 0.321 e. The standard InChI is InChI=1S/C17H17NO3S2/c1-3-12-22-16-7-5-4-6-15(16)18-17(19)13-8-10-14(11-9-13)23(2,20)21/h3-11H,1,12H2,2H3,(H,18,19). The SMILES string of the molecule is C=CCSc1ccccc1NC(=O)c1ccc(S(C)(=O)=O)cc1. The van der Waals surface area contributed by atoms with Crippen LogP contribution >= 0.6 is 11.8 Å². The number of hydrogen-bond acceptors (Lipinski definition) is 4. The fourth-order valence-corrected chi connectivity index (χ4v) is 3.27. The summed E-state index contributed by atoms with van der Waals surface area (Å²) in [7, 11) is -3.27. The van der Waals surface area contributed by atoms with Crippen molar-refractivity contribution < 1.29 is 13.2 Å². The van der Waals surface area contributed by atoms with Gasteiger partial charge in [0.05, 0.1) is 10.6 Å². The highest BCUT2D eigenvalue weighted by Gasteiger charge is 2.11. The number of hydrogen-bond donors (Lipinski definition) is 1. The Balaban J connectivity index is 2.18. The van der Waals surface area contributed by atoms with Crippen molar-refractivity contribution in [2.45, 2.75) is 9.79 Å². The summed E-state index contributed by atoms with van der Waals surface area (Å²) in [6.45, 7) is 3.68. The summed E-state index contributed by atoms with van der Waals surface area (Å²) in [6, 6.07) is 13.4. The van der Waals surface area contributed by atoms with Gasteiger partial charge in [-0.05, 0) is 36.4 Å². The van der Waals surface area contributed by atoms with Crippen LogP contribution in [-0.2, 0) is 9.84 Å². The third kappa shape index (κ3) is 4.71. The molecule has 6 heteroatoms. The average molecular weight is 347 g/mol. The van der Waals surface area contributed by atoms with E-state index in [-0.39, 0.29) is 10.8 Å². The molecular formula is C17H17NO3S2. The fraction of sp³-hybridized carbons (Fsp3) is 0.118. The van der Waals surface area contributed by atoms with Gasteiger partial charge in [-0.2, -0.15) is 0 Å². The molecular weight excluding hydrogens is 330 g/mol. The number of carbonyl (C=O) groups is 1. The number of anilines is 1. The van der Waals surface area contributed by atoms with E-state index in [4.69, 9.17) is 0 Å². The maximum Gasteiger partial charge on any atom is 0.255 e. The Kier molecular flexibility index (Phi) is 5.63. The van der Waals surface area contributed by atoms with Crippen molar-refractivity contribution in [1.29, 1.82) is 0 Å². The number of sulfone groups is 1. The van der Waals surface area contributed by atoms with Crippen LogP contribution in [0.15, 0.2) is 71.0 Å². The maximum atomic E-state index is 12.3. The van der Waals surface area contributed by atoms with E-state index in [0.717, 1.165) is 22.6 Å². The second-order valence-electron chi connectivity index (χ2n) is 4.85. The fourth-order valence-electron chi connectivity index (χ4n) is 1.89. The molecule has 2 rings (SSSR count). The number of para-hydroxylation sites is 1. The van der Waals surface area contributed by atoms with Gasteiger partial charge in [0.25, 0.3) is 5.91 Å². The predicted molar refractivity (Wildman–Crippen MR) is 94.9 cm³/mol. The molecule has 0 aromatic heterocycles. The van der Waals surface area contributed by atoms with Gasteiger partial charge in [0, 0.05) is 22.5 Å². The van der Waals surface area contributed by atoms with Crippen LogP contribution in [0.4, 0.5) is 5.69 Å². The quantitative estimate of drug-likeness (QED) is 0.640. The van der Waals surface area contributed by atoms with Gasteiger partial charge in [0.1, 0.15) is 0 Å². The zero-order valence-electron chi connectivity index (χ0n) is 12.7. The van der Waals surface area contributed by atoms with Crippen molar-refractivity contribution in [3.8, 4) is 0 Å². The summed E-state index contributed by atoms with van der Waals surface area (Å²) in [5.74, 6) is 0.465. The van der Waals surface area contributed by atoms with Crippen LogP contribution in [0.2, 0.25) is 0 Å². The number of benzene rings is 2. The molecule has 0 radical (unpaired) electrons. The first-order valence-electron chi connectivity index (χ1n) is 6.86. The summed E-state index contributed by atoms with van der Waals surface area (Å²) in [5, 5.41) is 2.85. The molecule has 1 amide bonds. The van der Waals surface area contributed by atoms with E-state index in [2.05, 4.69) is 11.9 Å². The van der Waals surface area contributed by atoms with Gasteiger partial charge in [-0.25, -0.2) is 8.42 Å². The number of amides is 1. The second kappa shape index (κ2) is 7.48. The molecule has 0 saturated heterocycles. The Morgan fingerprint density at radius 1 is 1.17 bits per heavy atom. The zero-order valence-corrected chi connectivity index (χ0v) is 14.3. The number of carbonyl (C=O) groups excluding carboxylic acids is 1. The third-order valence-electron chi connectivity index (χ3n) is 3.04. The molecule has 0 heterocycles. The van der Waals surface area contributed by atoms with Gasteiger partial charge >= 0.3 is 0 Å². The van der Waals surface area contributed by atoms with Crippen molar-refractivity contribution in [2.24, 2.45) is 0 Å². The first-order valence-corrected chi connectivity index (χ1v) is 9.73. The summed E-state index contributed by atoms with van der Waals surface area (Å²) < 4.78 is 22.9. The lowest BCUT2D eigenvalue weighted by Gasteiger charge is -2.10. The summed E-state index contributed by atoms with van der Waals surface area (Å²) >= 11 is 1.58. The van der Waals surface area contributed by atoms with Gasteiger partial charge in [-0.1, -0.05) is 18.2 Å². The Bertz CT molecular complexity index is 812. The molecule has 2 aromatic carbocycles. The predicted octanol–water partition coefficient (Wildman–Crippen LogP) is 3.62. The van der Waals surface area contributed by atoms with Crippen molar-refractivity contribution in [3.63, 3.8) is 0 Å². The van der Waals surface area contributed by atoms with Crippen molar-refractivity contribution >= 4 is 33.2 Å². The normalized spacial score (nSPS) is 11.0. The minimum Gasteiger partial charge on any atom is -0.321 e. The summed E-state index contributed by atoms with van der Waals surface area (Å²) in [5.41, 5.74) is 1.12. The lowest BCUT2D eigenvalue weighted by molar-refractivity contribution is 0.102. The molecule has 120 valence electrons. The summed E-state index contributed by atoms with van der Waals surface area (Å²) in [4.78, 5) is 13.5. The lowest BCUT2D eigenvalue weighted by atomic mass is 10.2. The highest BCUT2D eigenvalue weighted by atomic mass is 32.2. The minimum absolute atomic E-state index is 0.191. The van der Waals surface area contributed by atoms with E-state index >= 15 is 0 Å². The smallest absolute Gasteiger partial charge is 0.255 e. The first-order chi connectivity index (χ1) is 10.9. The van der Waals surface area contributed by atoms with Crippen LogP contribution in [0.1, 0.15) is 10.4 Å². The summed E-state index contributed by atoms with van der Waals surface area (Å²) in [6.07, 6.45) is 2.93. The highest BCUT2D eigenvalue weighted by Crippen LogP contribution is 2.27. The first kappa shape index (κ1) is 17.3. The molecule has 0 unspecified atom stereocenters. The Labute approximate surface area is 140 Å². The van der Waals surface area contributed by atoms with Gasteiger partial charge < -0.3 is 5.32 Å². The zero-order chi connectivity index (χ0) is 16.9. The lowest BCUT2D eigenvalue weighted by Crippen LogP contribution is -2.12. The van der Waals surface area contributed by atoms with Crippen LogP contribution < -0.4 is 5.32 Å². The Morgan fingerprint density at radius 3 is 2.43 bits per heavy atom. The van der Waals surface area contributed by atoms with E-state index in [1.165, 1.54) is 24.3 Å². The molecule has 2 aromatic rings. The molecule has 23 heavy (non-hydrogen) atoms. The van der Waals surface area contributed by atoms with Crippen LogP contribution in [0, 0.1) is 0 Å². The molecule has 0 aliphatic rings. The number of thioether (sulfide) groups is 1. The highest BCUT2D eigenvalue weighted by molar-refractivity contribution is 7.99. The van der Waals surface area contributed by atoms with E-state index in [0.29, 0.717) is 5.56 Å². The maximum absolute atomic E-state index is 12.3. The molecule has 4 nitrogen and oxygen atoms in total. The molecule has 0 aliphatic carbocycles.